The highest BCUT2D eigenvalue weighted by Crippen LogP contribution is 2.28. The standard InChI is InChI=1S/C17H25N3O4S2/c1-9-13(16(23)24)26-15(19-9)10(2)18-14(22)11-7-25-8-20(11)12(21)6-17(3,4)5/h10-11H,6-8H2,1-5H3,(H,18,22)(H,23,24). The third kappa shape index (κ3) is 4.97. The highest BCUT2D eigenvalue weighted by molar-refractivity contribution is 7.99. The topological polar surface area (TPSA) is 99.6 Å². The molecule has 2 unspecified atom stereocenters. The second-order valence-corrected chi connectivity index (χ2v) is 9.65. The Morgan fingerprint density at radius 2 is 2.04 bits per heavy atom. The number of carboxylic acid groups (broad SMARTS) is 1. The third-order valence-electron chi connectivity index (χ3n) is 3.92. The molecule has 144 valence electrons. The van der Waals surface area contributed by atoms with E-state index in [1.165, 1.54) is 0 Å². The number of hydrogen-bond acceptors (Lipinski definition) is 6. The molecule has 0 spiro atoms. The van der Waals surface area contributed by atoms with E-state index in [1.807, 2.05) is 20.8 Å². The summed E-state index contributed by atoms with van der Waals surface area (Å²) in [6.07, 6.45) is 0.389. The number of carbonyl (C=O) groups excluding carboxylic acids is 2. The second kappa shape index (κ2) is 7.96. The van der Waals surface area contributed by atoms with Crippen LogP contribution in [-0.4, -0.2) is 50.4 Å². The van der Waals surface area contributed by atoms with Crippen molar-refractivity contribution in [3.8, 4) is 0 Å². The number of nitrogens with zero attached hydrogens (tertiary/aromatic N) is 2. The maximum absolute atomic E-state index is 12.7. The van der Waals surface area contributed by atoms with Crippen LogP contribution in [0.3, 0.4) is 0 Å². The molecule has 2 rings (SSSR count). The van der Waals surface area contributed by atoms with Crippen LogP contribution in [0.1, 0.15) is 60.5 Å². The Morgan fingerprint density at radius 3 is 2.58 bits per heavy atom. The average molecular weight is 400 g/mol. The summed E-state index contributed by atoms with van der Waals surface area (Å²) in [7, 11) is 0. The number of aryl methyl sites for hydroxylation is 1. The van der Waals surface area contributed by atoms with Crippen LogP contribution in [0.25, 0.3) is 0 Å². The zero-order valence-corrected chi connectivity index (χ0v) is 17.3. The Kier molecular flexibility index (Phi) is 6.33. The molecule has 1 aliphatic rings. The van der Waals surface area contributed by atoms with E-state index < -0.39 is 18.1 Å². The first kappa shape index (κ1) is 20.7. The minimum absolute atomic E-state index is 0.0199. The van der Waals surface area contributed by atoms with Gasteiger partial charge >= 0.3 is 5.97 Å². The van der Waals surface area contributed by atoms with Gasteiger partial charge in [0, 0.05) is 12.2 Å². The summed E-state index contributed by atoms with van der Waals surface area (Å²) in [6.45, 7) is 9.39. The number of rotatable bonds is 5. The Hall–Kier alpha value is -1.61. The second-order valence-electron chi connectivity index (χ2n) is 7.62. The largest absolute Gasteiger partial charge is 0.477 e. The smallest absolute Gasteiger partial charge is 0.347 e. The van der Waals surface area contributed by atoms with Gasteiger partial charge in [-0.3, -0.25) is 9.59 Å². The van der Waals surface area contributed by atoms with Crippen molar-refractivity contribution in [3.63, 3.8) is 0 Å². The third-order valence-corrected chi connectivity index (χ3v) is 6.26. The maximum atomic E-state index is 12.7. The van der Waals surface area contributed by atoms with E-state index in [9.17, 15) is 14.4 Å². The molecule has 1 fully saturated rings. The molecule has 1 saturated heterocycles. The summed E-state index contributed by atoms with van der Waals surface area (Å²) in [6, 6.07) is -0.915. The van der Waals surface area contributed by atoms with E-state index in [2.05, 4.69) is 10.3 Å². The normalized spacial score (nSPS) is 18.7. The van der Waals surface area contributed by atoms with Crippen molar-refractivity contribution < 1.29 is 19.5 Å². The van der Waals surface area contributed by atoms with Gasteiger partial charge in [-0.15, -0.1) is 23.1 Å². The van der Waals surface area contributed by atoms with Crippen molar-refractivity contribution in [1.82, 2.24) is 15.2 Å². The monoisotopic (exact) mass is 399 g/mol. The summed E-state index contributed by atoms with van der Waals surface area (Å²) in [5.41, 5.74) is 0.307. The van der Waals surface area contributed by atoms with Crippen LogP contribution in [-0.2, 0) is 9.59 Å². The molecule has 2 heterocycles. The van der Waals surface area contributed by atoms with Crippen LogP contribution >= 0.6 is 23.1 Å². The Morgan fingerprint density at radius 1 is 1.38 bits per heavy atom. The Balaban J connectivity index is 2.05. The average Bonchev–Trinajstić information content (AvgIpc) is 3.11. The van der Waals surface area contributed by atoms with Crippen molar-refractivity contribution in [2.45, 2.75) is 53.1 Å². The minimum Gasteiger partial charge on any atom is -0.477 e. The minimum atomic E-state index is -1.02. The summed E-state index contributed by atoms with van der Waals surface area (Å²) < 4.78 is 0. The van der Waals surface area contributed by atoms with Crippen LogP contribution in [0.2, 0.25) is 0 Å². The number of amides is 2. The van der Waals surface area contributed by atoms with Crippen molar-refractivity contribution in [1.29, 1.82) is 0 Å². The fourth-order valence-corrected chi connectivity index (χ4v) is 4.72. The molecule has 0 bridgehead atoms. The van der Waals surface area contributed by atoms with Gasteiger partial charge < -0.3 is 15.3 Å². The molecule has 7 nitrogen and oxygen atoms in total. The molecule has 26 heavy (non-hydrogen) atoms. The lowest BCUT2D eigenvalue weighted by Gasteiger charge is -2.27. The summed E-state index contributed by atoms with van der Waals surface area (Å²) >= 11 is 2.62. The van der Waals surface area contributed by atoms with Crippen LogP contribution in [0.5, 0.6) is 0 Å². The van der Waals surface area contributed by atoms with Gasteiger partial charge in [0.25, 0.3) is 0 Å². The fraction of sp³-hybridized carbons (Fsp3) is 0.647. The highest BCUT2D eigenvalue weighted by Gasteiger charge is 2.36. The molecule has 2 amide bonds. The molecule has 1 aromatic rings. The van der Waals surface area contributed by atoms with Crippen LogP contribution < -0.4 is 5.32 Å². The molecule has 1 aliphatic heterocycles. The van der Waals surface area contributed by atoms with Crippen molar-refractivity contribution in [3.05, 3.63) is 15.6 Å². The molecular weight excluding hydrogens is 374 g/mol. The molecule has 0 aliphatic carbocycles. The van der Waals surface area contributed by atoms with Crippen LogP contribution in [0.4, 0.5) is 0 Å². The number of aromatic carboxylic acids is 1. The number of thioether (sulfide) groups is 1. The molecule has 0 aromatic carbocycles. The number of carboxylic acids is 1. The lowest BCUT2D eigenvalue weighted by molar-refractivity contribution is -0.139. The van der Waals surface area contributed by atoms with Crippen molar-refractivity contribution in [2.24, 2.45) is 5.41 Å². The molecular formula is C17H25N3O4S2. The maximum Gasteiger partial charge on any atom is 0.347 e. The van der Waals surface area contributed by atoms with E-state index in [-0.39, 0.29) is 22.1 Å². The highest BCUT2D eigenvalue weighted by atomic mass is 32.2. The first-order chi connectivity index (χ1) is 12.0. The van der Waals surface area contributed by atoms with Crippen LogP contribution in [0.15, 0.2) is 0 Å². The van der Waals surface area contributed by atoms with Gasteiger partial charge in [0.1, 0.15) is 15.9 Å². The molecule has 0 radical (unpaired) electrons. The zero-order valence-electron chi connectivity index (χ0n) is 15.7. The fourth-order valence-electron chi connectivity index (χ4n) is 2.63. The number of nitrogens with one attached hydrogen (secondary N) is 1. The van der Waals surface area contributed by atoms with Gasteiger partial charge in [-0.1, -0.05) is 20.8 Å². The summed E-state index contributed by atoms with van der Waals surface area (Å²) in [5.74, 6) is -0.189. The first-order valence-corrected chi connectivity index (χ1v) is 10.3. The van der Waals surface area contributed by atoms with Gasteiger partial charge in [-0.2, -0.15) is 0 Å². The van der Waals surface area contributed by atoms with Gasteiger partial charge in [-0.25, -0.2) is 9.78 Å². The zero-order chi connectivity index (χ0) is 19.6. The van der Waals surface area contributed by atoms with Gasteiger partial charge in [-0.05, 0) is 19.3 Å². The predicted octanol–water partition coefficient (Wildman–Crippen LogP) is 2.66. The number of hydrogen-bond donors (Lipinski definition) is 2. The van der Waals surface area contributed by atoms with Crippen molar-refractivity contribution in [2.75, 3.05) is 11.6 Å². The summed E-state index contributed by atoms with van der Waals surface area (Å²) in [4.78, 5) is 42.4. The summed E-state index contributed by atoms with van der Waals surface area (Å²) in [5, 5.41) is 12.6. The molecule has 2 N–H and O–H groups in total. The van der Waals surface area contributed by atoms with E-state index >= 15 is 0 Å². The molecule has 1 aromatic heterocycles. The van der Waals surface area contributed by atoms with E-state index in [0.29, 0.717) is 28.8 Å². The van der Waals surface area contributed by atoms with E-state index in [1.54, 1.807) is 30.5 Å². The lowest BCUT2D eigenvalue weighted by Crippen LogP contribution is -2.48. The lowest BCUT2D eigenvalue weighted by atomic mass is 9.91. The van der Waals surface area contributed by atoms with E-state index in [0.717, 1.165) is 11.3 Å². The van der Waals surface area contributed by atoms with Gasteiger partial charge in [0.05, 0.1) is 17.6 Å². The van der Waals surface area contributed by atoms with Crippen LogP contribution in [0, 0.1) is 12.3 Å². The van der Waals surface area contributed by atoms with Crippen molar-refractivity contribution >= 4 is 40.9 Å². The SMILES string of the molecule is Cc1nc(C(C)NC(=O)C2CSCN2C(=O)CC(C)(C)C)sc1C(=O)O. The van der Waals surface area contributed by atoms with E-state index in [4.69, 9.17) is 5.11 Å². The molecule has 9 heteroatoms. The number of aromatic nitrogens is 1. The first-order valence-electron chi connectivity index (χ1n) is 8.38. The molecule has 0 saturated carbocycles. The van der Waals surface area contributed by atoms with Gasteiger partial charge in [0.15, 0.2) is 0 Å². The quantitative estimate of drug-likeness (QED) is 0.790. The Bertz CT molecular complexity index is 711. The Labute approximate surface area is 161 Å². The van der Waals surface area contributed by atoms with Gasteiger partial charge in [0.2, 0.25) is 11.8 Å². The number of carbonyl (C=O) groups is 3. The molecule has 2 atom stereocenters. The predicted molar refractivity (Wildman–Crippen MR) is 102 cm³/mol. The number of thiazole rings is 1.